The van der Waals surface area contributed by atoms with Gasteiger partial charge >= 0.3 is 0 Å². The van der Waals surface area contributed by atoms with E-state index < -0.39 is 15.1 Å². The van der Waals surface area contributed by atoms with Crippen LogP contribution in [0.4, 0.5) is 0 Å². The number of hydrogen-bond donors (Lipinski definition) is 1. The average Bonchev–Trinajstić information content (AvgIpc) is 2.37. The summed E-state index contributed by atoms with van der Waals surface area (Å²) in [6.45, 7) is 4.62. The first-order chi connectivity index (χ1) is 9.32. The van der Waals surface area contributed by atoms with Crippen molar-refractivity contribution in [2.24, 2.45) is 5.92 Å². The highest BCUT2D eigenvalue weighted by molar-refractivity contribution is 7.90. The molecule has 0 saturated carbocycles. The zero-order valence-corrected chi connectivity index (χ0v) is 13.4. The molecule has 0 bridgehead atoms. The van der Waals surface area contributed by atoms with Gasteiger partial charge in [0.2, 0.25) is 0 Å². The summed E-state index contributed by atoms with van der Waals surface area (Å²) in [5.41, 5.74) is 3.18. The van der Waals surface area contributed by atoms with Crippen molar-refractivity contribution in [3.8, 4) is 0 Å². The molecule has 5 nitrogen and oxygen atoms in total. The van der Waals surface area contributed by atoms with Gasteiger partial charge in [-0.3, -0.25) is 0 Å². The summed E-state index contributed by atoms with van der Waals surface area (Å²) in [4.78, 5) is 8.96. The number of fused-ring (bicyclic) bond motifs is 1. The van der Waals surface area contributed by atoms with Gasteiger partial charge in [0.25, 0.3) is 0 Å². The molecule has 0 aromatic carbocycles. The Bertz CT molecular complexity index is 599. The second-order valence-corrected chi connectivity index (χ2v) is 8.10. The Morgan fingerprint density at radius 1 is 1.40 bits per heavy atom. The Hall–Kier alpha value is -1.01. The second-order valence-electron chi connectivity index (χ2n) is 5.73. The number of nitrogens with zero attached hydrogens (tertiary/aromatic N) is 2. The summed E-state index contributed by atoms with van der Waals surface area (Å²) < 4.78 is 23.3. The van der Waals surface area contributed by atoms with Gasteiger partial charge < -0.3 is 5.32 Å². The maximum Gasteiger partial charge on any atom is 0.157 e. The molecule has 1 aliphatic rings. The van der Waals surface area contributed by atoms with Gasteiger partial charge in [0.15, 0.2) is 9.84 Å². The smallest absolute Gasteiger partial charge is 0.157 e. The summed E-state index contributed by atoms with van der Waals surface area (Å²) in [5, 5.41) is 2.58. The molecule has 2 unspecified atom stereocenters. The molecule has 1 aliphatic carbocycles. The van der Waals surface area contributed by atoms with E-state index in [1.807, 2.05) is 14.0 Å². The normalized spacial score (nSPS) is 20.5. The van der Waals surface area contributed by atoms with Gasteiger partial charge in [-0.15, -0.1) is 0 Å². The third kappa shape index (κ3) is 3.17. The lowest BCUT2D eigenvalue weighted by molar-refractivity contribution is 0.431. The second kappa shape index (κ2) is 5.77. The fourth-order valence-corrected chi connectivity index (χ4v) is 3.21. The third-order valence-corrected chi connectivity index (χ3v) is 5.59. The zero-order chi connectivity index (χ0) is 14.9. The molecule has 2 rings (SSSR count). The number of rotatable bonds is 4. The molecule has 1 heterocycles. The highest BCUT2D eigenvalue weighted by Crippen LogP contribution is 2.28. The van der Waals surface area contributed by atoms with Crippen molar-refractivity contribution in [3.05, 3.63) is 22.8 Å². The minimum absolute atomic E-state index is 0.441. The van der Waals surface area contributed by atoms with E-state index in [1.165, 1.54) is 11.8 Å². The van der Waals surface area contributed by atoms with Crippen molar-refractivity contribution >= 4 is 9.84 Å². The predicted molar refractivity (Wildman–Crippen MR) is 79.5 cm³/mol. The van der Waals surface area contributed by atoms with E-state index in [0.29, 0.717) is 11.7 Å². The van der Waals surface area contributed by atoms with Crippen molar-refractivity contribution in [2.75, 3.05) is 19.8 Å². The zero-order valence-electron chi connectivity index (χ0n) is 12.6. The van der Waals surface area contributed by atoms with Crippen molar-refractivity contribution in [1.82, 2.24) is 15.3 Å². The lowest BCUT2D eigenvalue weighted by Crippen LogP contribution is -2.27. The highest BCUT2D eigenvalue weighted by atomic mass is 32.2. The fraction of sp³-hybridized carbons (Fsp3) is 0.714. The maximum absolute atomic E-state index is 11.7. The Morgan fingerprint density at radius 3 is 2.70 bits per heavy atom. The average molecular weight is 297 g/mol. The molecule has 0 spiro atoms. The molecule has 1 N–H and O–H groups in total. The van der Waals surface area contributed by atoms with Crippen LogP contribution in [0.1, 0.15) is 41.4 Å². The van der Waals surface area contributed by atoms with Gasteiger partial charge in [-0.1, -0.05) is 0 Å². The monoisotopic (exact) mass is 297 g/mol. The Kier molecular flexibility index (Phi) is 4.44. The van der Waals surface area contributed by atoms with Crippen molar-refractivity contribution in [3.63, 3.8) is 0 Å². The number of aromatic nitrogens is 2. The first-order valence-electron chi connectivity index (χ1n) is 7.02. The number of nitrogens with one attached hydrogen (secondary N) is 1. The third-order valence-electron chi connectivity index (χ3n) is 4.10. The highest BCUT2D eigenvalue weighted by Gasteiger charge is 2.26. The summed E-state index contributed by atoms with van der Waals surface area (Å²) in [5.74, 6) is 1.06. The maximum atomic E-state index is 11.7. The summed E-state index contributed by atoms with van der Waals surface area (Å²) >= 11 is 0. The molecule has 2 atom stereocenters. The van der Waals surface area contributed by atoms with E-state index in [-0.39, 0.29) is 0 Å². The van der Waals surface area contributed by atoms with Crippen LogP contribution >= 0.6 is 0 Å². The Labute approximate surface area is 121 Å². The molecule has 1 aromatic heterocycles. The molecule has 20 heavy (non-hydrogen) atoms. The van der Waals surface area contributed by atoms with E-state index in [4.69, 9.17) is 0 Å². The van der Waals surface area contributed by atoms with Gasteiger partial charge in [-0.25, -0.2) is 18.4 Å². The molecular formula is C14H23N3O2S. The van der Waals surface area contributed by atoms with Gasteiger partial charge in [-0.05, 0) is 58.2 Å². The fourth-order valence-electron chi connectivity index (χ4n) is 2.72. The van der Waals surface area contributed by atoms with Crippen LogP contribution in [0, 0.1) is 12.8 Å². The minimum Gasteiger partial charge on any atom is -0.319 e. The van der Waals surface area contributed by atoms with Gasteiger partial charge in [0, 0.05) is 17.6 Å². The summed E-state index contributed by atoms with van der Waals surface area (Å²) in [7, 11) is -1.19. The topological polar surface area (TPSA) is 72.0 Å². The molecule has 0 amide bonds. The van der Waals surface area contributed by atoms with Crippen LogP contribution in [0.2, 0.25) is 0 Å². The van der Waals surface area contributed by atoms with E-state index >= 15 is 0 Å². The lowest BCUT2D eigenvalue weighted by atomic mass is 9.86. The molecule has 6 heteroatoms. The molecule has 0 fully saturated rings. The largest absolute Gasteiger partial charge is 0.319 e. The molecule has 0 saturated heterocycles. The Morgan fingerprint density at radius 2 is 2.10 bits per heavy atom. The van der Waals surface area contributed by atoms with Crippen LogP contribution in [0.3, 0.4) is 0 Å². The number of sulfone groups is 1. The molecule has 0 radical (unpaired) electrons. The van der Waals surface area contributed by atoms with Crippen LogP contribution in [0.15, 0.2) is 0 Å². The van der Waals surface area contributed by atoms with Gasteiger partial charge in [0.05, 0.1) is 0 Å². The number of hydrogen-bond acceptors (Lipinski definition) is 5. The van der Waals surface area contributed by atoms with E-state index in [9.17, 15) is 8.42 Å². The molecule has 1 aromatic rings. The van der Waals surface area contributed by atoms with Crippen LogP contribution in [0.25, 0.3) is 0 Å². The SMILES string of the molecule is CNCC1CCc2nc(C(C)S(C)(=O)=O)nc(C)c2C1. The first-order valence-corrected chi connectivity index (χ1v) is 8.98. The van der Waals surface area contributed by atoms with Crippen molar-refractivity contribution < 1.29 is 8.42 Å². The van der Waals surface area contributed by atoms with Gasteiger partial charge in [0.1, 0.15) is 11.1 Å². The van der Waals surface area contributed by atoms with E-state index in [0.717, 1.165) is 37.2 Å². The van der Waals surface area contributed by atoms with E-state index in [1.54, 1.807) is 6.92 Å². The van der Waals surface area contributed by atoms with E-state index in [2.05, 4.69) is 15.3 Å². The molecule has 112 valence electrons. The predicted octanol–water partition coefficient (Wildman–Crippen LogP) is 1.21. The van der Waals surface area contributed by atoms with Gasteiger partial charge in [-0.2, -0.15) is 0 Å². The summed E-state index contributed by atoms with van der Waals surface area (Å²) in [6.07, 6.45) is 4.22. The lowest BCUT2D eigenvalue weighted by Gasteiger charge is -2.25. The van der Waals surface area contributed by atoms with Crippen LogP contribution in [-0.4, -0.2) is 38.2 Å². The Balaban J connectivity index is 2.34. The van der Waals surface area contributed by atoms with Crippen molar-refractivity contribution in [2.45, 2.75) is 38.4 Å². The first kappa shape index (κ1) is 15.4. The standard InChI is InChI=1S/C14H23N3O2S/c1-9-12-7-11(8-15-3)5-6-13(12)17-14(16-9)10(2)20(4,18)19/h10-11,15H,5-8H2,1-4H3. The quantitative estimate of drug-likeness (QED) is 0.904. The minimum atomic E-state index is -3.15. The number of aryl methyl sites for hydroxylation is 2. The van der Waals surface area contributed by atoms with Crippen molar-refractivity contribution in [1.29, 1.82) is 0 Å². The molecular weight excluding hydrogens is 274 g/mol. The van der Waals surface area contributed by atoms with Crippen LogP contribution in [-0.2, 0) is 22.7 Å². The molecule has 0 aliphatic heterocycles. The van der Waals surface area contributed by atoms with Crippen LogP contribution < -0.4 is 5.32 Å². The van der Waals surface area contributed by atoms with Crippen LogP contribution in [0.5, 0.6) is 0 Å². The summed E-state index contributed by atoms with van der Waals surface area (Å²) in [6, 6.07) is 0.